The second-order valence-electron chi connectivity index (χ2n) is 5.05. The highest BCUT2D eigenvalue weighted by Gasteiger charge is 2.27. The van der Waals surface area contributed by atoms with E-state index in [1.54, 1.807) is 7.05 Å². The van der Waals surface area contributed by atoms with Gasteiger partial charge in [0, 0.05) is 0 Å². The normalized spacial score (nSPS) is 13.8. The number of nitrogens with two attached hydrogens (primary N) is 1. The van der Waals surface area contributed by atoms with Gasteiger partial charge in [0.05, 0.1) is 18.8 Å². The molecule has 4 N–H and O–H groups in total. The van der Waals surface area contributed by atoms with Crippen molar-refractivity contribution in [3.05, 3.63) is 29.8 Å². The molecule has 0 aromatic heterocycles. The summed E-state index contributed by atoms with van der Waals surface area (Å²) >= 11 is 0. The highest BCUT2D eigenvalue weighted by atomic mass is 16.5. The molecule has 0 aliphatic rings. The van der Waals surface area contributed by atoms with E-state index in [2.05, 4.69) is 5.32 Å². The lowest BCUT2D eigenvalue weighted by atomic mass is 9.94. The Morgan fingerprint density at radius 2 is 2.00 bits per heavy atom. The third-order valence-electron chi connectivity index (χ3n) is 3.54. The van der Waals surface area contributed by atoms with E-state index in [1.807, 2.05) is 31.2 Å². The van der Waals surface area contributed by atoms with E-state index in [9.17, 15) is 4.79 Å². The highest BCUT2D eigenvalue weighted by Crippen LogP contribution is 2.15. The van der Waals surface area contributed by atoms with E-state index in [0.29, 0.717) is 13.0 Å². The van der Waals surface area contributed by atoms with Crippen LogP contribution in [0.2, 0.25) is 0 Å². The number of nitrogens with one attached hydrogen (secondary N) is 1. The number of aliphatic hydroxyl groups is 1. The second-order valence-corrected chi connectivity index (χ2v) is 5.05. The summed E-state index contributed by atoms with van der Waals surface area (Å²) in [4.78, 5) is 11.3. The number of likely N-dealkylation sites (N-methyl/N-ethyl adjacent to an activating group) is 1. The fourth-order valence-electron chi connectivity index (χ4n) is 1.83. The summed E-state index contributed by atoms with van der Waals surface area (Å²) in [6.45, 7) is 2.44. The van der Waals surface area contributed by atoms with Crippen LogP contribution >= 0.6 is 0 Å². The molecule has 0 spiro atoms. The van der Waals surface area contributed by atoms with Gasteiger partial charge in [-0.25, -0.2) is 0 Å². The van der Waals surface area contributed by atoms with Gasteiger partial charge in [-0.05, 0) is 50.9 Å². The van der Waals surface area contributed by atoms with Gasteiger partial charge in [0.2, 0.25) is 5.91 Å². The number of amides is 1. The molecule has 0 aliphatic heterocycles. The molecular weight excluding hydrogens is 256 g/mol. The van der Waals surface area contributed by atoms with Crippen LogP contribution in [0.15, 0.2) is 24.3 Å². The van der Waals surface area contributed by atoms with Gasteiger partial charge in [0.25, 0.3) is 0 Å². The number of carbonyl (C=O) groups excluding carboxylic acids is 1. The fraction of sp³-hybridized carbons (Fsp3) is 0.533. The maximum absolute atomic E-state index is 11.3. The Morgan fingerprint density at radius 3 is 2.50 bits per heavy atom. The summed E-state index contributed by atoms with van der Waals surface area (Å²) in [5.41, 5.74) is 5.58. The maximum atomic E-state index is 11.3. The fourth-order valence-corrected chi connectivity index (χ4v) is 1.83. The van der Waals surface area contributed by atoms with Crippen molar-refractivity contribution in [2.24, 2.45) is 5.73 Å². The van der Waals surface area contributed by atoms with E-state index in [1.165, 1.54) is 0 Å². The molecule has 1 aromatic rings. The molecule has 5 nitrogen and oxygen atoms in total. The minimum atomic E-state index is -0.650. The number of ether oxygens (including phenoxy) is 1. The van der Waals surface area contributed by atoms with Crippen molar-refractivity contribution in [1.82, 2.24) is 5.32 Å². The quantitative estimate of drug-likeness (QED) is 0.593. The molecule has 0 aliphatic carbocycles. The summed E-state index contributed by atoms with van der Waals surface area (Å²) < 4.78 is 5.60. The molecule has 5 heteroatoms. The van der Waals surface area contributed by atoms with E-state index >= 15 is 0 Å². The zero-order valence-electron chi connectivity index (χ0n) is 12.2. The molecule has 1 rings (SSSR count). The predicted octanol–water partition coefficient (Wildman–Crippen LogP) is 1.19. The number of primary amides is 1. The van der Waals surface area contributed by atoms with Gasteiger partial charge in [-0.2, -0.15) is 0 Å². The monoisotopic (exact) mass is 280 g/mol. The van der Waals surface area contributed by atoms with Gasteiger partial charge in [-0.3, -0.25) is 4.79 Å². The molecule has 0 bridgehead atoms. The third-order valence-corrected chi connectivity index (χ3v) is 3.54. The average molecular weight is 280 g/mol. The molecule has 0 radical (unpaired) electrons. The third kappa shape index (κ3) is 4.83. The summed E-state index contributed by atoms with van der Waals surface area (Å²) in [7, 11) is 1.74. The van der Waals surface area contributed by atoms with Gasteiger partial charge in [0.1, 0.15) is 5.75 Å². The number of unbranched alkanes of at least 4 members (excludes halogenated alkanes) is 1. The number of carbonyl (C=O) groups is 1. The topological polar surface area (TPSA) is 84.6 Å². The van der Waals surface area contributed by atoms with Crippen LogP contribution in [0.25, 0.3) is 0 Å². The standard InChI is InChI=1S/C15H24N2O3/c1-15(17-2,14(16)19)9-3-4-10-20-13-7-5-12(11-18)6-8-13/h5-8,17-18H,3-4,9-11H2,1-2H3,(H2,16,19). The van der Waals surface area contributed by atoms with Crippen molar-refractivity contribution in [2.75, 3.05) is 13.7 Å². The van der Waals surface area contributed by atoms with Crippen LogP contribution in [0.1, 0.15) is 31.7 Å². The molecule has 1 amide bonds. The van der Waals surface area contributed by atoms with Crippen LogP contribution in [0.4, 0.5) is 0 Å². The zero-order chi connectivity index (χ0) is 15.0. The molecule has 1 atom stereocenters. The highest BCUT2D eigenvalue weighted by molar-refractivity contribution is 5.84. The van der Waals surface area contributed by atoms with Crippen molar-refractivity contribution in [1.29, 1.82) is 0 Å². The van der Waals surface area contributed by atoms with Gasteiger partial charge >= 0.3 is 0 Å². The van der Waals surface area contributed by atoms with Crippen LogP contribution < -0.4 is 15.8 Å². The van der Waals surface area contributed by atoms with E-state index in [4.69, 9.17) is 15.6 Å². The Labute approximate surface area is 120 Å². The lowest BCUT2D eigenvalue weighted by molar-refractivity contribution is -0.123. The zero-order valence-corrected chi connectivity index (χ0v) is 12.2. The molecule has 0 saturated carbocycles. The lowest BCUT2D eigenvalue weighted by Crippen LogP contribution is -2.51. The van der Waals surface area contributed by atoms with E-state index in [-0.39, 0.29) is 12.5 Å². The Bertz CT molecular complexity index is 420. The van der Waals surface area contributed by atoms with Crippen molar-refractivity contribution in [2.45, 2.75) is 38.3 Å². The SMILES string of the molecule is CNC(C)(CCCCOc1ccc(CO)cc1)C(N)=O. The lowest BCUT2D eigenvalue weighted by Gasteiger charge is -2.25. The summed E-state index contributed by atoms with van der Waals surface area (Å²) in [5, 5.41) is 11.9. The molecule has 0 fully saturated rings. The molecular formula is C15H24N2O3. The largest absolute Gasteiger partial charge is 0.494 e. The first-order chi connectivity index (χ1) is 9.51. The smallest absolute Gasteiger partial charge is 0.237 e. The Kier molecular flexibility index (Phi) is 6.48. The van der Waals surface area contributed by atoms with Crippen LogP contribution in [0, 0.1) is 0 Å². The first kappa shape index (κ1) is 16.5. The van der Waals surface area contributed by atoms with Crippen LogP contribution in [-0.2, 0) is 11.4 Å². The number of aliphatic hydroxyl groups excluding tert-OH is 1. The molecule has 0 saturated heterocycles. The predicted molar refractivity (Wildman–Crippen MR) is 78.4 cm³/mol. The van der Waals surface area contributed by atoms with Crippen LogP contribution in [0.3, 0.4) is 0 Å². The van der Waals surface area contributed by atoms with Crippen molar-refractivity contribution < 1.29 is 14.6 Å². The van der Waals surface area contributed by atoms with Gasteiger partial charge in [-0.1, -0.05) is 12.1 Å². The van der Waals surface area contributed by atoms with Crippen molar-refractivity contribution in [3.8, 4) is 5.75 Å². The number of rotatable bonds is 9. The first-order valence-corrected chi connectivity index (χ1v) is 6.83. The van der Waals surface area contributed by atoms with Gasteiger partial charge in [-0.15, -0.1) is 0 Å². The maximum Gasteiger partial charge on any atom is 0.237 e. The van der Waals surface area contributed by atoms with E-state index < -0.39 is 5.54 Å². The number of benzene rings is 1. The number of hydrogen-bond donors (Lipinski definition) is 3. The van der Waals surface area contributed by atoms with Crippen LogP contribution in [0.5, 0.6) is 5.75 Å². The molecule has 112 valence electrons. The molecule has 1 unspecified atom stereocenters. The Morgan fingerprint density at radius 1 is 1.35 bits per heavy atom. The molecule has 1 aromatic carbocycles. The van der Waals surface area contributed by atoms with Gasteiger partial charge in [0.15, 0.2) is 0 Å². The summed E-state index contributed by atoms with van der Waals surface area (Å²) in [6.07, 6.45) is 2.40. The van der Waals surface area contributed by atoms with E-state index in [0.717, 1.165) is 24.2 Å². The Hall–Kier alpha value is -1.59. The molecule has 0 heterocycles. The minimum Gasteiger partial charge on any atom is -0.494 e. The Balaban J connectivity index is 2.26. The van der Waals surface area contributed by atoms with Crippen molar-refractivity contribution in [3.63, 3.8) is 0 Å². The summed E-state index contributed by atoms with van der Waals surface area (Å²) in [5.74, 6) is 0.453. The second kappa shape index (κ2) is 7.87. The van der Waals surface area contributed by atoms with Crippen LogP contribution in [-0.4, -0.2) is 30.2 Å². The first-order valence-electron chi connectivity index (χ1n) is 6.83. The number of hydrogen-bond acceptors (Lipinski definition) is 4. The van der Waals surface area contributed by atoms with Gasteiger partial charge < -0.3 is 20.9 Å². The summed E-state index contributed by atoms with van der Waals surface area (Å²) in [6, 6.07) is 7.35. The molecule has 20 heavy (non-hydrogen) atoms. The average Bonchev–Trinajstić information content (AvgIpc) is 2.47. The van der Waals surface area contributed by atoms with Crippen molar-refractivity contribution >= 4 is 5.91 Å². The minimum absolute atomic E-state index is 0.0377.